The predicted molar refractivity (Wildman–Crippen MR) is 134 cm³/mol. The maximum Gasteiger partial charge on any atom is 0.419 e. The van der Waals surface area contributed by atoms with Crippen molar-refractivity contribution in [2.24, 2.45) is 16.0 Å². The van der Waals surface area contributed by atoms with Gasteiger partial charge in [0.2, 0.25) is 12.2 Å². The van der Waals surface area contributed by atoms with Crippen LogP contribution in [0.4, 0.5) is 26.3 Å². The fourth-order valence-corrected chi connectivity index (χ4v) is 4.87. The number of hydrogen-bond acceptors (Lipinski definition) is 6. The molecule has 2 aromatic carbocycles. The van der Waals surface area contributed by atoms with Crippen molar-refractivity contribution < 1.29 is 41.1 Å². The summed E-state index contributed by atoms with van der Waals surface area (Å²) in [5, 5.41) is 16.1. The molecule has 2 heterocycles. The third kappa shape index (κ3) is 6.48. The van der Waals surface area contributed by atoms with Gasteiger partial charge in [0.15, 0.2) is 5.84 Å². The molecule has 2 atom stereocenters. The maximum absolute atomic E-state index is 13.9. The van der Waals surface area contributed by atoms with E-state index in [1.54, 1.807) is 16.8 Å². The summed E-state index contributed by atoms with van der Waals surface area (Å²) in [4.78, 5) is 8.84. The lowest BCUT2D eigenvalue weighted by Crippen LogP contribution is -2.51. The summed E-state index contributed by atoms with van der Waals surface area (Å²) < 4.78 is 85.3. The molecule has 0 aliphatic carbocycles. The quantitative estimate of drug-likeness (QED) is 0.112. The first kappa shape index (κ1) is 29.2. The number of likely N-dealkylation sites (N-methyl/N-ethyl adjacent to an activating group) is 1. The third-order valence-corrected chi connectivity index (χ3v) is 6.93. The highest BCUT2D eigenvalue weighted by Crippen LogP contribution is 2.38. The Kier molecular flexibility index (Phi) is 8.54. The van der Waals surface area contributed by atoms with Crippen LogP contribution < -0.4 is 10.5 Å². The van der Waals surface area contributed by atoms with Crippen LogP contribution in [0.3, 0.4) is 0 Å². The molecule has 14 heteroatoms. The number of nitrogens with zero attached hydrogens (tertiary/aromatic N) is 4. The molecule has 1 unspecified atom stereocenters. The molecule has 218 valence electrons. The Bertz CT molecular complexity index is 1230. The van der Waals surface area contributed by atoms with Gasteiger partial charge in [0.25, 0.3) is 0 Å². The number of hydrogen-bond donors (Lipinski definition) is 2. The number of oxime groups is 2. The lowest BCUT2D eigenvalue weighted by molar-refractivity contribution is -0.139. The molecule has 0 amide bonds. The van der Waals surface area contributed by atoms with Gasteiger partial charge in [-0.05, 0) is 68.0 Å². The number of aryl methyl sites for hydroxylation is 1. The van der Waals surface area contributed by atoms with E-state index in [0.717, 1.165) is 24.6 Å². The molecule has 0 aromatic heterocycles. The number of nitrogens with two attached hydrogens (primary N) is 1. The normalized spacial score (nSPS) is 20.1. The molecule has 0 bridgehead atoms. The van der Waals surface area contributed by atoms with Crippen molar-refractivity contribution in [2.75, 3.05) is 20.2 Å². The van der Waals surface area contributed by atoms with Crippen LogP contribution in [0.5, 0.6) is 5.75 Å². The molecule has 0 radical (unpaired) electrons. The van der Waals surface area contributed by atoms with Gasteiger partial charge in [0, 0.05) is 19.2 Å². The number of amidine groups is 1. The van der Waals surface area contributed by atoms with Crippen LogP contribution in [0, 0.1) is 0 Å². The highest BCUT2D eigenvalue weighted by molar-refractivity contribution is 5.99. The number of halogens is 6. The summed E-state index contributed by atoms with van der Waals surface area (Å²) in [5.41, 5.74) is 4.93. The number of benzene rings is 2. The van der Waals surface area contributed by atoms with E-state index in [4.69, 9.17) is 20.5 Å². The first-order valence-electron chi connectivity index (χ1n) is 12.6. The first-order valence-corrected chi connectivity index (χ1v) is 12.6. The zero-order chi connectivity index (χ0) is 29.1. The second-order valence-electron chi connectivity index (χ2n) is 9.59. The Morgan fingerprint density at radius 1 is 1.10 bits per heavy atom. The Labute approximate surface area is 226 Å². The third-order valence-electron chi connectivity index (χ3n) is 6.93. The first-order chi connectivity index (χ1) is 18.9. The molecule has 1 saturated heterocycles. The molecule has 2 aromatic rings. The molecule has 0 spiro atoms. The van der Waals surface area contributed by atoms with Crippen LogP contribution in [0.1, 0.15) is 47.9 Å². The zero-order valence-electron chi connectivity index (χ0n) is 21.5. The summed E-state index contributed by atoms with van der Waals surface area (Å²) in [6, 6.07) is 8.13. The van der Waals surface area contributed by atoms with E-state index in [-0.39, 0.29) is 35.8 Å². The van der Waals surface area contributed by atoms with E-state index >= 15 is 0 Å². The van der Waals surface area contributed by atoms with Crippen molar-refractivity contribution in [3.05, 3.63) is 64.7 Å². The van der Waals surface area contributed by atoms with Gasteiger partial charge in [0.1, 0.15) is 5.75 Å². The van der Waals surface area contributed by atoms with Gasteiger partial charge in [-0.3, -0.25) is 0 Å². The van der Waals surface area contributed by atoms with Crippen molar-refractivity contribution in [3.8, 4) is 5.75 Å². The topological polar surface area (TPSA) is 95.9 Å². The van der Waals surface area contributed by atoms with Crippen LogP contribution in [-0.2, 0) is 23.6 Å². The van der Waals surface area contributed by atoms with Crippen molar-refractivity contribution in [3.63, 3.8) is 0 Å². The minimum atomic E-state index is -4.70. The van der Waals surface area contributed by atoms with E-state index in [1.807, 2.05) is 0 Å². The molecule has 4 rings (SSSR count). The van der Waals surface area contributed by atoms with Crippen molar-refractivity contribution >= 4 is 11.8 Å². The Balaban J connectivity index is 1.37. The molecule has 1 fully saturated rings. The van der Waals surface area contributed by atoms with Crippen molar-refractivity contribution in [1.29, 1.82) is 0 Å². The number of alkyl halides is 6. The SMILES string of the molecule is CN1C(c2ccc(OCCCCc3ccc(C(F)(F)F)cc3)c(C(F)(F)F)c2)=NOC1[C@@H]1CCCN1/C(N)=N/O. The molecule has 8 nitrogen and oxygen atoms in total. The number of unbranched alkanes of at least 4 members (excludes halogenated alkanes) is 1. The zero-order valence-corrected chi connectivity index (χ0v) is 21.5. The second kappa shape index (κ2) is 11.7. The van der Waals surface area contributed by atoms with Crippen molar-refractivity contribution in [1.82, 2.24) is 9.80 Å². The molecule has 0 saturated carbocycles. The number of ether oxygens (including phenoxy) is 1. The van der Waals surface area contributed by atoms with E-state index in [9.17, 15) is 26.3 Å². The summed E-state index contributed by atoms with van der Waals surface area (Å²) in [6.45, 7) is 0.540. The van der Waals surface area contributed by atoms with E-state index in [2.05, 4.69) is 10.3 Å². The van der Waals surface area contributed by atoms with Crippen molar-refractivity contribution in [2.45, 2.75) is 56.7 Å². The van der Waals surface area contributed by atoms with E-state index in [0.29, 0.717) is 37.8 Å². The summed E-state index contributed by atoms with van der Waals surface area (Å²) in [5.74, 6) is -0.212. The van der Waals surface area contributed by atoms with Gasteiger partial charge in [-0.25, -0.2) is 0 Å². The van der Waals surface area contributed by atoms with Crippen LogP contribution in [0.25, 0.3) is 0 Å². The van der Waals surface area contributed by atoms with Gasteiger partial charge in [0.05, 0.1) is 23.8 Å². The molecule has 40 heavy (non-hydrogen) atoms. The van der Waals surface area contributed by atoms with Crippen LogP contribution in [-0.4, -0.2) is 59.3 Å². The molecule has 3 N–H and O–H groups in total. The fraction of sp³-hybridized carbons (Fsp3) is 0.462. The Hall–Kier alpha value is -3.84. The summed E-state index contributed by atoms with van der Waals surface area (Å²) >= 11 is 0. The average molecular weight is 574 g/mol. The fourth-order valence-electron chi connectivity index (χ4n) is 4.87. The van der Waals surface area contributed by atoms with Gasteiger partial charge in [-0.15, -0.1) is 0 Å². The highest BCUT2D eigenvalue weighted by Gasteiger charge is 2.42. The van der Waals surface area contributed by atoms with Crippen LogP contribution in [0.15, 0.2) is 52.8 Å². The van der Waals surface area contributed by atoms with Crippen LogP contribution >= 0.6 is 0 Å². The van der Waals surface area contributed by atoms with Gasteiger partial charge < -0.3 is 30.3 Å². The average Bonchev–Trinajstić information content (AvgIpc) is 3.54. The van der Waals surface area contributed by atoms with Gasteiger partial charge >= 0.3 is 12.4 Å². The molecular weight excluding hydrogens is 544 g/mol. The van der Waals surface area contributed by atoms with E-state index < -0.39 is 29.7 Å². The maximum atomic E-state index is 13.9. The minimum Gasteiger partial charge on any atom is -0.493 e. The number of likely N-dealkylation sites (tertiary alicyclic amines) is 1. The molecule has 2 aliphatic heterocycles. The number of guanidine groups is 1. The Morgan fingerprint density at radius 2 is 1.82 bits per heavy atom. The summed E-state index contributed by atoms with van der Waals surface area (Å²) in [7, 11) is 1.65. The molecular formula is C26H29F6N5O3. The lowest BCUT2D eigenvalue weighted by Gasteiger charge is -2.32. The Morgan fingerprint density at radius 3 is 2.48 bits per heavy atom. The van der Waals surface area contributed by atoms with Gasteiger partial charge in [-0.2, -0.15) is 26.3 Å². The van der Waals surface area contributed by atoms with E-state index in [1.165, 1.54) is 24.3 Å². The standard InChI is InChI=1S/C26H29F6N5O3/c1-36-22(35-40-23(36)20-6-4-13-37(20)24(33)34-38)17-9-12-21(19(15-17)26(30,31)32)39-14-3-2-5-16-7-10-18(11-8-16)25(27,28)29/h7-12,15,20,23,38H,2-6,13-14H2,1H3,(H2,33,34)/t20-,23?/m0/s1. The smallest absolute Gasteiger partial charge is 0.419 e. The van der Waals surface area contributed by atoms with Gasteiger partial charge in [-0.1, -0.05) is 22.4 Å². The molecule has 2 aliphatic rings. The largest absolute Gasteiger partial charge is 0.493 e. The predicted octanol–water partition coefficient (Wildman–Crippen LogP) is 5.24. The highest BCUT2D eigenvalue weighted by atomic mass is 19.4. The summed E-state index contributed by atoms with van der Waals surface area (Å²) in [6.07, 6.45) is -6.93. The lowest BCUT2D eigenvalue weighted by atomic mass is 10.1. The second-order valence-corrected chi connectivity index (χ2v) is 9.59. The number of rotatable bonds is 8. The van der Waals surface area contributed by atoms with Crippen LogP contribution in [0.2, 0.25) is 0 Å². The minimum absolute atomic E-state index is 0.000439. The monoisotopic (exact) mass is 573 g/mol.